The van der Waals surface area contributed by atoms with Crippen LogP contribution in [0.5, 0.6) is 0 Å². The van der Waals surface area contributed by atoms with Crippen LogP contribution in [0.15, 0.2) is 16.6 Å². The van der Waals surface area contributed by atoms with Gasteiger partial charge in [0.2, 0.25) is 0 Å². The molecule has 0 radical (unpaired) electrons. The van der Waals surface area contributed by atoms with Crippen molar-refractivity contribution in [1.29, 1.82) is 0 Å². The van der Waals surface area contributed by atoms with Crippen molar-refractivity contribution < 1.29 is 0 Å². The van der Waals surface area contributed by atoms with Crippen LogP contribution in [-0.4, -0.2) is 12.6 Å². The van der Waals surface area contributed by atoms with E-state index in [2.05, 4.69) is 21.2 Å². The maximum Gasteiger partial charge on any atom is 0.0502 e. The van der Waals surface area contributed by atoms with Crippen molar-refractivity contribution in [2.24, 2.45) is 5.73 Å². The molecule has 0 aromatic heterocycles. The average Bonchev–Trinajstić information content (AvgIpc) is 2.14. The lowest BCUT2D eigenvalue weighted by molar-refractivity contribution is 0.803. The number of rotatable bonds is 3. The minimum absolute atomic E-state index is 0.241. The summed E-state index contributed by atoms with van der Waals surface area (Å²) in [7, 11) is 0. The van der Waals surface area contributed by atoms with Crippen molar-refractivity contribution in [3.05, 3.63) is 27.2 Å². The van der Waals surface area contributed by atoms with Crippen LogP contribution < -0.4 is 11.1 Å². The molecule has 0 fully saturated rings. The molecule has 1 aromatic rings. The fourth-order valence-electron chi connectivity index (χ4n) is 1.08. The fraction of sp³-hybridized carbons (Fsp3) is 0.400. The van der Waals surface area contributed by atoms with Gasteiger partial charge in [0.25, 0.3) is 0 Å². The van der Waals surface area contributed by atoms with E-state index < -0.39 is 0 Å². The van der Waals surface area contributed by atoms with Gasteiger partial charge < -0.3 is 11.1 Å². The summed E-state index contributed by atoms with van der Waals surface area (Å²) in [5.74, 6) is 0. The summed E-state index contributed by atoms with van der Waals surface area (Å²) in [6.45, 7) is 4.60. The minimum atomic E-state index is 0.241. The Bertz CT molecular complexity index is 328. The van der Waals surface area contributed by atoms with E-state index in [1.807, 2.05) is 26.0 Å². The average molecular weight is 278 g/mol. The smallest absolute Gasteiger partial charge is 0.0502 e. The number of hydrogen-bond acceptors (Lipinski definition) is 2. The Kier molecular flexibility index (Phi) is 4.23. The van der Waals surface area contributed by atoms with Crippen LogP contribution in [0.2, 0.25) is 5.02 Å². The molecule has 0 bridgehead atoms. The van der Waals surface area contributed by atoms with Crippen LogP contribution in [0, 0.1) is 6.92 Å². The third-order valence-electron chi connectivity index (χ3n) is 2.00. The van der Waals surface area contributed by atoms with Crippen molar-refractivity contribution in [3.63, 3.8) is 0 Å². The third kappa shape index (κ3) is 2.87. The van der Waals surface area contributed by atoms with Crippen LogP contribution in [0.25, 0.3) is 0 Å². The fourth-order valence-corrected chi connectivity index (χ4v) is 1.82. The lowest BCUT2D eigenvalue weighted by Gasteiger charge is -2.15. The van der Waals surface area contributed by atoms with Crippen molar-refractivity contribution in [1.82, 2.24) is 0 Å². The van der Waals surface area contributed by atoms with Gasteiger partial charge in [-0.1, -0.05) is 11.6 Å². The largest absolute Gasteiger partial charge is 0.380 e. The number of nitrogens with one attached hydrogen (secondary N) is 1. The van der Waals surface area contributed by atoms with Crippen molar-refractivity contribution in [2.45, 2.75) is 19.9 Å². The molecular formula is C10H14BrClN2. The van der Waals surface area contributed by atoms with Gasteiger partial charge in [-0.3, -0.25) is 0 Å². The monoisotopic (exact) mass is 276 g/mol. The molecule has 1 atom stereocenters. The number of nitrogens with two attached hydrogens (primary N) is 1. The second-order valence-corrected chi connectivity index (χ2v) is 4.62. The van der Waals surface area contributed by atoms with Crippen LogP contribution in [0.1, 0.15) is 12.5 Å². The first-order valence-corrected chi connectivity index (χ1v) is 5.64. The van der Waals surface area contributed by atoms with E-state index in [-0.39, 0.29) is 6.04 Å². The molecule has 0 spiro atoms. The number of halogens is 2. The van der Waals surface area contributed by atoms with Crippen molar-refractivity contribution in [3.8, 4) is 0 Å². The van der Waals surface area contributed by atoms with Gasteiger partial charge >= 0.3 is 0 Å². The molecule has 0 aliphatic carbocycles. The molecule has 14 heavy (non-hydrogen) atoms. The lowest BCUT2D eigenvalue weighted by Crippen LogP contribution is -2.25. The molecule has 78 valence electrons. The van der Waals surface area contributed by atoms with Gasteiger partial charge in [0.15, 0.2) is 0 Å². The van der Waals surface area contributed by atoms with Gasteiger partial charge in [-0.05, 0) is 47.5 Å². The van der Waals surface area contributed by atoms with Crippen LogP contribution in [0.3, 0.4) is 0 Å². The molecule has 1 rings (SSSR count). The van der Waals surface area contributed by atoms with E-state index in [0.717, 1.165) is 20.7 Å². The molecule has 2 nitrogen and oxygen atoms in total. The summed E-state index contributed by atoms with van der Waals surface area (Å²) in [6, 6.07) is 4.14. The normalized spacial score (nSPS) is 12.6. The van der Waals surface area contributed by atoms with Crippen molar-refractivity contribution >= 4 is 33.2 Å². The Hall–Kier alpha value is -0.250. The molecule has 0 saturated heterocycles. The Morgan fingerprint density at radius 1 is 1.57 bits per heavy atom. The molecule has 1 unspecified atom stereocenters. The Balaban J connectivity index is 2.92. The van der Waals surface area contributed by atoms with Crippen LogP contribution >= 0.6 is 27.5 Å². The zero-order valence-electron chi connectivity index (χ0n) is 8.27. The molecule has 1 aromatic carbocycles. The van der Waals surface area contributed by atoms with Crippen LogP contribution in [0.4, 0.5) is 5.69 Å². The number of benzene rings is 1. The lowest BCUT2D eigenvalue weighted by atomic mass is 10.2. The van der Waals surface area contributed by atoms with E-state index in [4.69, 9.17) is 17.3 Å². The second kappa shape index (κ2) is 5.01. The number of hydrogen-bond donors (Lipinski definition) is 2. The van der Waals surface area contributed by atoms with E-state index >= 15 is 0 Å². The van der Waals surface area contributed by atoms with E-state index in [1.165, 1.54) is 0 Å². The second-order valence-electron chi connectivity index (χ2n) is 3.36. The highest BCUT2D eigenvalue weighted by Gasteiger charge is 2.06. The zero-order valence-corrected chi connectivity index (χ0v) is 10.6. The summed E-state index contributed by atoms with van der Waals surface area (Å²) in [6.07, 6.45) is 0. The van der Waals surface area contributed by atoms with Gasteiger partial charge in [-0.15, -0.1) is 0 Å². The first-order chi connectivity index (χ1) is 6.54. The highest BCUT2D eigenvalue weighted by molar-refractivity contribution is 9.10. The Morgan fingerprint density at radius 3 is 2.79 bits per heavy atom. The maximum absolute atomic E-state index is 6.02. The van der Waals surface area contributed by atoms with Gasteiger partial charge in [0, 0.05) is 22.1 Å². The van der Waals surface area contributed by atoms with Crippen molar-refractivity contribution in [2.75, 3.05) is 11.9 Å². The minimum Gasteiger partial charge on any atom is -0.380 e. The summed E-state index contributed by atoms with van der Waals surface area (Å²) < 4.78 is 1.01. The number of aryl methyl sites for hydroxylation is 1. The zero-order chi connectivity index (χ0) is 10.7. The standard InChI is InChI=1S/C10H14BrClN2/c1-6-3-8(11)10(4-9(6)12)14-7(2)5-13/h3-4,7,14H,5,13H2,1-2H3. The van der Waals surface area contributed by atoms with E-state index in [0.29, 0.717) is 6.54 Å². The molecule has 0 amide bonds. The molecule has 0 heterocycles. The highest BCUT2D eigenvalue weighted by Crippen LogP contribution is 2.29. The Morgan fingerprint density at radius 2 is 2.21 bits per heavy atom. The predicted molar refractivity (Wildman–Crippen MR) is 66.0 cm³/mol. The number of anilines is 1. The predicted octanol–water partition coefficient (Wildman–Crippen LogP) is 3.17. The van der Waals surface area contributed by atoms with E-state index in [1.54, 1.807) is 0 Å². The van der Waals surface area contributed by atoms with Crippen LogP contribution in [-0.2, 0) is 0 Å². The summed E-state index contributed by atoms with van der Waals surface area (Å²) in [5.41, 5.74) is 7.57. The van der Waals surface area contributed by atoms with Gasteiger partial charge in [0.05, 0.1) is 5.69 Å². The molecule has 0 aliphatic rings. The molecule has 3 N–H and O–H groups in total. The first kappa shape index (κ1) is 11.8. The molecule has 0 aliphatic heterocycles. The summed E-state index contributed by atoms with van der Waals surface area (Å²) in [4.78, 5) is 0. The highest BCUT2D eigenvalue weighted by atomic mass is 79.9. The third-order valence-corrected chi connectivity index (χ3v) is 3.07. The molecular weight excluding hydrogens is 263 g/mol. The maximum atomic E-state index is 6.02. The molecule has 4 heteroatoms. The first-order valence-electron chi connectivity index (χ1n) is 4.47. The SMILES string of the molecule is Cc1cc(Br)c(NC(C)CN)cc1Cl. The van der Waals surface area contributed by atoms with Gasteiger partial charge in [-0.25, -0.2) is 0 Å². The topological polar surface area (TPSA) is 38.0 Å². The van der Waals surface area contributed by atoms with Gasteiger partial charge in [0.1, 0.15) is 0 Å². The Labute approximate surface area is 98.0 Å². The summed E-state index contributed by atoms with van der Waals surface area (Å²) >= 11 is 9.50. The van der Waals surface area contributed by atoms with Gasteiger partial charge in [-0.2, -0.15) is 0 Å². The molecule has 0 saturated carbocycles. The summed E-state index contributed by atoms with van der Waals surface area (Å²) in [5, 5.41) is 4.04. The van der Waals surface area contributed by atoms with E-state index in [9.17, 15) is 0 Å². The quantitative estimate of drug-likeness (QED) is 0.890.